The number of hydrogen-bond donors (Lipinski definition) is 1. The van der Waals surface area contributed by atoms with E-state index in [9.17, 15) is 4.79 Å². The third-order valence-corrected chi connectivity index (χ3v) is 5.32. The highest BCUT2D eigenvalue weighted by molar-refractivity contribution is 7.99. The summed E-state index contributed by atoms with van der Waals surface area (Å²) in [5.41, 5.74) is 2.26. The molecule has 0 unspecified atom stereocenters. The standard InChI is InChI=1S/C15H24N4OS/c1-11(2)15(20)18-4-5-19-14(9-18)7-13(17-19)8-16-12-3-6-21-10-12/h7,11-12,16H,3-6,8-10H2,1-2H3/t12-/m0/s1. The van der Waals surface area contributed by atoms with Crippen molar-refractivity contribution in [2.75, 3.05) is 18.1 Å². The van der Waals surface area contributed by atoms with Crippen LogP contribution < -0.4 is 5.32 Å². The molecule has 1 atom stereocenters. The molecule has 116 valence electrons. The largest absolute Gasteiger partial charge is 0.335 e. The van der Waals surface area contributed by atoms with Crippen LogP contribution in [0.3, 0.4) is 0 Å². The Balaban J connectivity index is 1.60. The van der Waals surface area contributed by atoms with Gasteiger partial charge in [0, 0.05) is 30.8 Å². The molecular weight excluding hydrogens is 284 g/mol. The molecule has 2 aliphatic heterocycles. The summed E-state index contributed by atoms with van der Waals surface area (Å²) in [6.07, 6.45) is 1.26. The number of aromatic nitrogens is 2. The molecule has 1 N–H and O–H groups in total. The number of hydrogen-bond acceptors (Lipinski definition) is 4. The molecule has 1 aromatic rings. The maximum Gasteiger partial charge on any atom is 0.225 e. The normalized spacial score (nSPS) is 21.9. The zero-order valence-electron chi connectivity index (χ0n) is 12.8. The van der Waals surface area contributed by atoms with Gasteiger partial charge in [-0.15, -0.1) is 0 Å². The van der Waals surface area contributed by atoms with Gasteiger partial charge in [0.15, 0.2) is 0 Å². The van der Waals surface area contributed by atoms with Crippen molar-refractivity contribution in [3.63, 3.8) is 0 Å². The third kappa shape index (κ3) is 3.43. The van der Waals surface area contributed by atoms with E-state index in [2.05, 4.69) is 21.2 Å². The summed E-state index contributed by atoms with van der Waals surface area (Å²) in [4.78, 5) is 14.0. The molecule has 0 bridgehead atoms. The SMILES string of the molecule is CC(C)C(=O)N1CCn2nc(CN[C@H]3CCSC3)cc2C1. The van der Waals surface area contributed by atoms with E-state index < -0.39 is 0 Å². The molecule has 5 nitrogen and oxygen atoms in total. The lowest BCUT2D eigenvalue weighted by Gasteiger charge is -2.29. The quantitative estimate of drug-likeness (QED) is 0.915. The van der Waals surface area contributed by atoms with Crippen LogP contribution in [0.5, 0.6) is 0 Å². The Morgan fingerprint density at radius 3 is 3.10 bits per heavy atom. The van der Waals surface area contributed by atoms with Gasteiger partial charge in [0.2, 0.25) is 5.91 Å². The summed E-state index contributed by atoms with van der Waals surface area (Å²) in [7, 11) is 0. The Morgan fingerprint density at radius 2 is 2.38 bits per heavy atom. The topological polar surface area (TPSA) is 50.2 Å². The number of nitrogens with zero attached hydrogens (tertiary/aromatic N) is 3. The van der Waals surface area contributed by atoms with Gasteiger partial charge in [-0.2, -0.15) is 16.9 Å². The number of rotatable bonds is 4. The first-order chi connectivity index (χ1) is 10.1. The predicted octanol–water partition coefficient (Wildman–Crippen LogP) is 1.48. The molecule has 2 aliphatic rings. The van der Waals surface area contributed by atoms with Crippen LogP contribution in [0.25, 0.3) is 0 Å². The van der Waals surface area contributed by atoms with Crippen molar-refractivity contribution >= 4 is 17.7 Å². The maximum absolute atomic E-state index is 12.1. The van der Waals surface area contributed by atoms with Gasteiger partial charge in [-0.3, -0.25) is 9.48 Å². The van der Waals surface area contributed by atoms with Gasteiger partial charge < -0.3 is 10.2 Å². The average molecular weight is 308 g/mol. The Bertz CT molecular complexity index is 508. The Hall–Kier alpha value is -1.01. The lowest BCUT2D eigenvalue weighted by atomic mass is 10.1. The highest BCUT2D eigenvalue weighted by atomic mass is 32.2. The highest BCUT2D eigenvalue weighted by Gasteiger charge is 2.24. The van der Waals surface area contributed by atoms with E-state index in [4.69, 9.17) is 0 Å². The fraction of sp³-hybridized carbons (Fsp3) is 0.733. The van der Waals surface area contributed by atoms with E-state index in [1.54, 1.807) is 0 Å². The van der Waals surface area contributed by atoms with Crippen molar-refractivity contribution in [3.05, 3.63) is 17.5 Å². The summed E-state index contributed by atoms with van der Waals surface area (Å²) >= 11 is 2.02. The van der Waals surface area contributed by atoms with Crippen LogP contribution in [-0.2, 0) is 24.4 Å². The first kappa shape index (κ1) is 14.9. The fourth-order valence-corrected chi connectivity index (χ4v) is 4.10. The van der Waals surface area contributed by atoms with Crippen molar-refractivity contribution in [2.45, 2.75) is 45.9 Å². The minimum absolute atomic E-state index is 0.0699. The zero-order valence-corrected chi connectivity index (χ0v) is 13.7. The first-order valence-electron chi connectivity index (χ1n) is 7.79. The Kier molecular flexibility index (Phi) is 4.54. The minimum atomic E-state index is 0.0699. The number of thioether (sulfide) groups is 1. The van der Waals surface area contributed by atoms with E-state index in [1.807, 2.05) is 30.5 Å². The van der Waals surface area contributed by atoms with Gasteiger partial charge in [-0.05, 0) is 18.2 Å². The van der Waals surface area contributed by atoms with E-state index in [1.165, 1.54) is 17.9 Å². The number of nitrogens with one attached hydrogen (secondary N) is 1. The number of carbonyl (C=O) groups excluding carboxylic acids is 1. The summed E-state index contributed by atoms with van der Waals surface area (Å²) in [6, 6.07) is 2.78. The number of carbonyl (C=O) groups is 1. The molecule has 0 radical (unpaired) electrons. The molecule has 21 heavy (non-hydrogen) atoms. The van der Waals surface area contributed by atoms with Crippen LogP contribution in [0, 0.1) is 5.92 Å². The van der Waals surface area contributed by atoms with Crippen LogP contribution in [0.2, 0.25) is 0 Å². The van der Waals surface area contributed by atoms with Crippen LogP contribution in [0.1, 0.15) is 31.7 Å². The molecule has 0 aliphatic carbocycles. The molecule has 0 aromatic carbocycles. The van der Waals surface area contributed by atoms with Gasteiger partial charge in [0.1, 0.15) is 0 Å². The molecule has 6 heteroatoms. The van der Waals surface area contributed by atoms with E-state index in [-0.39, 0.29) is 11.8 Å². The third-order valence-electron chi connectivity index (χ3n) is 4.16. The van der Waals surface area contributed by atoms with Crippen LogP contribution >= 0.6 is 11.8 Å². The summed E-state index contributed by atoms with van der Waals surface area (Å²) < 4.78 is 2.06. The lowest BCUT2D eigenvalue weighted by molar-refractivity contribution is -0.136. The van der Waals surface area contributed by atoms with Crippen LogP contribution in [0.15, 0.2) is 6.07 Å². The van der Waals surface area contributed by atoms with Crippen molar-refractivity contribution in [3.8, 4) is 0 Å². The Labute approximate surface area is 130 Å². The van der Waals surface area contributed by atoms with Crippen molar-refractivity contribution in [1.29, 1.82) is 0 Å². The molecule has 1 amide bonds. The zero-order chi connectivity index (χ0) is 14.8. The van der Waals surface area contributed by atoms with E-state index in [0.29, 0.717) is 12.6 Å². The summed E-state index contributed by atoms with van der Waals surface area (Å²) in [5.74, 6) is 2.79. The molecule has 3 rings (SSSR count). The van der Waals surface area contributed by atoms with Crippen molar-refractivity contribution in [2.24, 2.45) is 5.92 Å². The monoisotopic (exact) mass is 308 g/mol. The molecular formula is C15H24N4OS. The lowest BCUT2D eigenvalue weighted by Crippen LogP contribution is -2.40. The van der Waals surface area contributed by atoms with Gasteiger partial charge in [0.25, 0.3) is 0 Å². The van der Waals surface area contributed by atoms with Crippen LogP contribution in [0.4, 0.5) is 0 Å². The molecule has 3 heterocycles. The maximum atomic E-state index is 12.1. The molecule has 0 saturated carbocycles. The van der Waals surface area contributed by atoms with Gasteiger partial charge >= 0.3 is 0 Å². The molecule has 0 spiro atoms. The second-order valence-corrected chi connectivity index (χ2v) is 7.36. The van der Waals surface area contributed by atoms with Gasteiger partial charge in [-0.1, -0.05) is 13.8 Å². The van der Waals surface area contributed by atoms with E-state index in [0.717, 1.165) is 31.0 Å². The van der Waals surface area contributed by atoms with Gasteiger partial charge in [-0.25, -0.2) is 0 Å². The molecule has 1 fully saturated rings. The molecule has 1 aromatic heterocycles. The predicted molar refractivity (Wildman–Crippen MR) is 85.1 cm³/mol. The van der Waals surface area contributed by atoms with Crippen LogP contribution in [-0.4, -0.2) is 44.7 Å². The average Bonchev–Trinajstić information content (AvgIpc) is 3.12. The summed E-state index contributed by atoms with van der Waals surface area (Å²) in [6.45, 7) is 7.05. The van der Waals surface area contributed by atoms with E-state index >= 15 is 0 Å². The number of fused-ring (bicyclic) bond motifs is 1. The second kappa shape index (κ2) is 6.40. The Morgan fingerprint density at radius 1 is 1.52 bits per heavy atom. The summed E-state index contributed by atoms with van der Waals surface area (Å²) in [5, 5.41) is 8.24. The van der Waals surface area contributed by atoms with Crippen molar-refractivity contribution in [1.82, 2.24) is 20.0 Å². The molecule has 1 saturated heterocycles. The first-order valence-corrected chi connectivity index (χ1v) is 8.94. The second-order valence-electron chi connectivity index (χ2n) is 6.21. The highest BCUT2D eigenvalue weighted by Crippen LogP contribution is 2.19. The van der Waals surface area contributed by atoms with Gasteiger partial charge in [0.05, 0.1) is 24.5 Å². The fourth-order valence-electron chi connectivity index (χ4n) is 2.91. The van der Waals surface area contributed by atoms with Crippen molar-refractivity contribution < 1.29 is 4.79 Å². The number of amides is 1. The minimum Gasteiger partial charge on any atom is -0.335 e. The smallest absolute Gasteiger partial charge is 0.225 e.